The smallest absolute Gasteiger partial charge is 0.392 e. The number of ether oxygens (including phenoxy) is 2. The van der Waals surface area contributed by atoms with Gasteiger partial charge in [-0.05, 0) is 62.8 Å². The zero-order valence-corrected chi connectivity index (χ0v) is 33.0. The second-order valence-electron chi connectivity index (χ2n) is 15.2. The molecule has 2 aliphatic heterocycles. The molecule has 2 aliphatic carbocycles. The Morgan fingerprint density at radius 2 is 1.15 bits per heavy atom. The van der Waals surface area contributed by atoms with Gasteiger partial charge in [-0.2, -0.15) is 36.5 Å². The molecule has 320 valence electrons. The van der Waals surface area contributed by atoms with Gasteiger partial charge in [-0.15, -0.1) is 0 Å². The van der Waals surface area contributed by atoms with E-state index in [-0.39, 0.29) is 74.9 Å². The minimum atomic E-state index is -4.33. The Bertz CT molecular complexity index is 2310. The van der Waals surface area contributed by atoms with E-state index in [9.17, 15) is 45.5 Å². The van der Waals surface area contributed by atoms with Gasteiger partial charge >= 0.3 is 12.4 Å². The molecular weight excluding hydrogens is 802 g/mol. The maximum absolute atomic E-state index is 13.2. The van der Waals surface area contributed by atoms with E-state index >= 15 is 0 Å². The Morgan fingerprint density at radius 1 is 0.667 bits per heavy atom. The zero-order valence-electron chi connectivity index (χ0n) is 33.0. The molecular formula is C40H42F6N8O6. The third kappa shape index (κ3) is 8.23. The van der Waals surface area contributed by atoms with Gasteiger partial charge in [-0.1, -0.05) is 24.3 Å². The van der Waals surface area contributed by atoms with Gasteiger partial charge in [0.15, 0.2) is 5.69 Å². The molecule has 4 aliphatic rings. The molecule has 0 bridgehead atoms. The number of carbonyl (C=O) groups excluding carboxylic acids is 4. The van der Waals surface area contributed by atoms with Crippen LogP contribution in [0.3, 0.4) is 0 Å². The molecule has 2 N–H and O–H groups in total. The van der Waals surface area contributed by atoms with Crippen LogP contribution in [-0.2, 0) is 49.4 Å². The highest BCUT2D eigenvalue weighted by Crippen LogP contribution is 2.40. The number of amides is 4. The summed E-state index contributed by atoms with van der Waals surface area (Å²) < 4.78 is 93.4. The number of likely N-dealkylation sites (N-methyl/N-ethyl adjacent to an activating group) is 2. The highest BCUT2D eigenvalue weighted by molar-refractivity contribution is 6.04. The van der Waals surface area contributed by atoms with Gasteiger partial charge in [0.05, 0.1) is 28.9 Å². The topological polar surface area (TPSA) is 153 Å². The lowest BCUT2D eigenvalue weighted by molar-refractivity contribution is -0.177. The third-order valence-electron chi connectivity index (χ3n) is 11.4. The number of aryl methyl sites for hydroxylation is 3. The maximum Gasteiger partial charge on any atom is 0.392 e. The fourth-order valence-corrected chi connectivity index (χ4v) is 8.08. The van der Waals surface area contributed by atoms with E-state index in [1.54, 1.807) is 69.7 Å². The van der Waals surface area contributed by atoms with Crippen molar-refractivity contribution in [1.82, 2.24) is 30.2 Å². The van der Waals surface area contributed by atoms with Crippen molar-refractivity contribution in [2.24, 2.45) is 25.9 Å². The number of rotatable bonds is 4. The molecule has 60 heavy (non-hydrogen) atoms. The molecule has 0 fully saturated rings. The molecule has 8 rings (SSSR count). The molecule has 14 nitrogen and oxygen atoms in total. The summed E-state index contributed by atoms with van der Waals surface area (Å²) >= 11 is 0. The molecule has 0 saturated heterocycles. The first kappa shape index (κ1) is 42.1. The summed E-state index contributed by atoms with van der Waals surface area (Å²) in [6, 6.07) is 12.0. The van der Waals surface area contributed by atoms with Crippen molar-refractivity contribution in [3.8, 4) is 11.5 Å². The van der Waals surface area contributed by atoms with E-state index in [0.717, 1.165) is 0 Å². The van der Waals surface area contributed by atoms with Crippen LogP contribution in [0.15, 0.2) is 48.5 Å². The van der Waals surface area contributed by atoms with Crippen LogP contribution in [0.4, 0.5) is 37.7 Å². The number of carbonyl (C=O) groups is 4. The number of para-hydroxylation sites is 4. The number of fused-ring (bicyclic) bond motifs is 4. The van der Waals surface area contributed by atoms with E-state index in [1.807, 2.05) is 0 Å². The number of halogens is 6. The Kier molecular flexibility index (Phi) is 11.3. The van der Waals surface area contributed by atoms with Crippen LogP contribution in [0.25, 0.3) is 0 Å². The lowest BCUT2D eigenvalue weighted by Gasteiger charge is -2.25. The van der Waals surface area contributed by atoms with Gasteiger partial charge in [0.2, 0.25) is 0 Å². The van der Waals surface area contributed by atoms with Gasteiger partial charge in [-0.25, -0.2) is 0 Å². The van der Waals surface area contributed by atoms with Crippen LogP contribution in [-0.4, -0.2) is 94.9 Å². The molecule has 0 unspecified atom stereocenters. The second kappa shape index (κ2) is 16.2. The molecule has 0 saturated carbocycles. The van der Waals surface area contributed by atoms with Gasteiger partial charge in [0, 0.05) is 45.0 Å². The normalized spacial score (nSPS) is 21.4. The quantitative estimate of drug-likeness (QED) is 0.286. The van der Waals surface area contributed by atoms with Crippen molar-refractivity contribution in [1.29, 1.82) is 0 Å². The number of benzene rings is 2. The van der Waals surface area contributed by atoms with Crippen LogP contribution in [0, 0.1) is 11.8 Å². The summed E-state index contributed by atoms with van der Waals surface area (Å²) in [4.78, 5) is 54.3. The highest BCUT2D eigenvalue weighted by Gasteiger charge is 2.45. The Hall–Kier alpha value is -6.08. The summed E-state index contributed by atoms with van der Waals surface area (Å²) in [5, 5.41) is 13.6. The van der Waals surface area contributed by atoms with E-state index < -0.39 is 48.1 Å². The van der Waals surface area contributed by atoms with Crippen LogP contribution in [0.1, 0.15) is 56.3 Å². The average molecular weight is 845 g/mol. The lowest BCUT2D eigenvalue weighted by atomic mass is 9.85. The van der Waals surface area contributed by atoms with E-state index in [4.69, 9.17) is 9.47 Å². The van der Waals surface area contributed by atoms with Gasteiger partial charge < -0.3 is 29.9 Å². The van der Waals surface area contributed by atoms with Crippen LogP contribution in [0.5, 0.6) is 11.5 Å². The molecule has 4 amide bonds. The Morgan fingerprint density at radius 3 is 1.68 bits per heavy atom. The maximum atomic E-state index is 13.2. The van der Waals surface area contributed by atoms with Crippen molar-refractivity contribution in [2.45, 2.75) is 63.0 Å². The monoisotopic (exact) mass is 844 g/mol. The number of hydrogen-bond acceptors (Lipinski definition) is 8. The Labute approximate surface area is 339 Å². The minimum Gasteiger partial charge on any atom is -0.489 e. The molecule has 0 radical (unpaired) electrons. The van der Waals surface area contributed by atoms with Crippen LogP contribution >= 0.6 is 0 Å². The number of hydrogen-bond donors (Lipinski definition) is 2. The van der Waals surface area contributed by atoms with E-state index in [2.05, 4.69) is 20.8 Å². The number of nitrogens with zero attached hydrogens (tertiary/aromatic N) is 6. The van der Waals surface area contributed by atoms with Gasteiger partial charge in [-0.3, -0.25) is 28.5 Å². The summed E-state index contributed by atoms with van der Waals surface area (Å²) in [6.45, 7) is -0.177. The number of aromatic nitrogens is 4. The van der Waals surface area contributed by atoms with Crippen molar-refractivity contribution in [3.05, 3.63) is 82.4 Å². The molecule has 4 heterocycles. The van der Waals surface area contributed by atoms with Crippen molar-refractivity contribution in [2.75, 3.05) is 37.1 Å². The van der Waals surface area contributed by atoms with Gasteiger partial charge in [0.25, 0.3) is 23.6 Å². The van der Waals surface area contributed by atoms with E-state index in [1.165, 1.54) is 26.2 Å². The van der Waals surface area contributed by atoms with Crippen molar-refractivity contribution < 1.29 is 55.0 Å². The number of alkyl halides is 6. The summed E-state index contributed by atoms with van der Waals surface area (Å²) in [7, 11) is 6.28. The number of anilines is 2. The van der Waals surface area contributed by atoms with Crippen LogP contribution < -0.4 is 29.9 Å². The predicted molar refractivity (Wildman–Crippen MR) is 203 cm³/mol. The molecule has 4 atom stereocenters. The SMILES string of the molecule is CN1C(=O)[C@@H](NC(=O)c2c3c(nn2C)CC[C@@H](C(F)(F)F)C3)COc2ccccc21.CN1C(=O)[C@@H](NC(=O)c2nn(C)c3c2C[C@H](C(F)(F)F)CC3)COc2ccccc21. The van der Waals surface area contributed by atoms with Gasteiger partial charge in [0.1, 0.15) is 42.5 Å². The van der Waals surface area contributed by atoms with Crippen LogP contribution in [0.2, 0.25) is 0 Å². The molecule has 4 aromatic rings. The second-order valence-corrected chi connectivity index (χ2v) is 15.2. The molecule has 0 spiro atoms. The molecule has 2 aromatic carbocycles. The first-order chi connectivity index (χ1) is 28.3. The molecule has 2 aromatic heterocycles. The summed E-state index contributed by atoms with van der Waals surface area (Å²) in [6.07, 6.45) is -8.99. The minimum absolute atomic E-state index is 0.0326. The van der Waals surface area contributed by atoms with Crippen molar-refractivity contribution >= 4 is 35.0 Å². The molecule has 20 heteroatoms. The summed E-state index contributed by atoms with van der Waals surface area (Å²) in [5.74, 6) is -4.09. The Balaban J connectivity index is 0.000000181. The first-order valence-corrected chi connectivity index (χ1v) is 19.2. The number of nitrogens with one attached hydrogen (secondary N) is 2. The van der Waals surface area contributed by atoms with E-state index in [0.29, 0.717) is 45.4 Å². The first-order valence-electron chi connectivity index (χ1n) is 19.2. The fraction of sp³-hybridized carbons (Fsp3) is 0.450. The summed E-state index contributed by atoms with van der Waals surface area (Å²) in [5.41, 5.74) is 2.83. The highest BCUT2D eigenvalue weighted by atomic mass is 19.4. The largest absolute Gasteiger partial charge is 0.489 e. The fourth-order valence-electron chi connectivity index (χ4n) is 8.08. The predicted octanol–water partition coefficient (Wildman–Crippen LogP) is 4.48. The zero-order chi connectivity index (χ0) is 43.3. The third-order valence-corrected chi connectivity index (χ3v) is 11.4. The lowest BCUT2D eigenvalue weighted by Crippen LogP contribution is -2.49. The standard InChI is InChI=1S/2C20H21F3N4O3/c1-26-15-5-3-4-6-16(15)30-10-13(19(26)29)24-18(28)17-12-9-11(20(21,22)23)7-8-14(12)27(2)25-17;1-26-15-5-3-4-6-16(15)30-10-14(19(26)29)24-18(28)17-12-9-11(20(21,22)23)7-8-13(12)25-27(17)2/h3-6,11,13H,7-10H2,1-2H3,(H,24,28);3-6,11,14H,7-10H2,1-2H3,(H,24,28)/t11-,13+;11-,14+/m11/s1. The van der Waals surface area contributed by atoms with Crippen molar-refractivity contribution in [3.63, 3.8) is 0 Å². The average Bonchev–Trinajstić information content (AvgIpc) is 3.66.